The van der Waals surface area contributed by atoms with Crippen molar-refractivity contribution in [2.75, 3.05) is 32.8 Å². The smallest absolute Gasteiger partial charge is 0.417 e. The summed E-state index contributed by atoms with van der Waals surface area (Å²) >= 11 is 0. The van der Waals surface area contributed by atoms with E-state index in [0.717, 1.165) is 5.56 Å². The molecule has 0 saturated carbocycles. The fourth-order valence-corrected chi connectivity index (χ4v) is 4.18. The molecule has 48 heavy (non-hydrogen) atoms. The third-order valence-corrected chi connectivity index (χ3v) is 6.01. The molecule has 1 aliphatic rings. The first-order valence-corrected chi connectivity index (χ1v) is 16.0. The van der Waals surface area contributed by atoms with Crippen LogP contribution in [0.1, 0.15) is 94.6 Å². The molecule has 1 aromatic rings. The van der Waals surface area contributed by atoms with E-state index < -0.39 is 52.8 Å². The molecule has 1 aliphatic heterocycles. The number of benzene rings is 1. The molecule has 0 radical (unpaired) electrons. The number of ether oxygens (including phenoxy) is 5. The molecule has 0 spiro atoms. The highest BCUT2D eigenvalue weighted by molar-refractivity contribution is 6.02. The van der Waals surface area contributed by atoms with Crippen LogP contribution in [0.3, 0.4) is 0 Å². The van der Waals surface area contributed by atoms with Crippen molar-refractivity contribution in [3.05, 3.63) is 29.8 Å². The lowest BCUT2D eigenvalue weighted by molar-refractivity contribution is -0.166. The number of hydrogen-bond acceptors (Lipinski definition) is 11. The minimum atomic E-state index is -1.45. The molecule has 2 unspecified atom stereocenters. The van der Waals surface area contributed by atoms with Crippen molar-refractivity contribution in [3.63, 3.8) is 0 Å². The summed E-state index contributed by atoms with van der Waals surface area (Å²) in [5, 5.41) is 12.8. The lowest BCUT2D eigenvalue weighted by Crippen LogP contribution is -2.56. The number of hydrogen-bond donors (Lipinski definition) is 2. The number of esters is 1. The zero-order chi connectivity index (χ0) is 36.7. The maximum atomic E-state index is 13.6. The average molecular weight is 679 g/mol. The van der Waals surface area contributed by atoms with E-state index in [-0.39, 0.29) is 44.7 Å². The van der Waals surface area contributed by atoms with Crippen molar-refractivity contribution < 1.29 is 48.0 Å². The summed E-state index contributed by atoms with van der Waals surface area (Å²) in [5.74, 6) is -0.628. The summed E-state index contributed by atoms with van der Waals surface area (Å²) in [6.45, 7) is 20.7. The van der Waals surface area contributed by atoms with Gasteiger partial charge in [-0.1, -0.05) is 12.1 Å². The Morgan fingerprint density at radius 3 is 1.92 bits per heavy atom. The number of carbonyl (C=O) groups excluding carboxylic acids is 4. The van der Waals surface area contributed by atoms with Gasteiger partial charge in [0.15, 0.2) is 6.10 Å². The molecular formula is C34H54N4O10. The van der Waals surface area contributed by atoms with Gasteiger partial charge in [0.2, 0.25) is 5.96 Å². The Morgan fingerprint density at radius 2 is 1.40 bits per heavy atom. The molecule has 0 bridgehead atoms. The Balaban J connectivity index is 2.31. The molecule has 3 amide bonds. The predicted octanol–water partition coefficient (Wildman–Crippen LogP) is 5.22. The van der Waals surface area contributed by atoms with Gasteiger partial charge in [0, 0.05) is 25.6 Å². The second-order valence-electron chi connectivity index (χ2n) is 15.4. The molecule has 14 heteroatoms. The lowest BCUT2D eigenvalue weighted by atomic mass is 9.97. The van der Waals surface area contributed by atoms with Crippen LogP contribution in [0.15, 0.2) is 29.3 Å². The first-order valence-electron chi connectivity index (χ1n) is 16.0. The highest BCUT2D eigenvalue weighted by atomic mass is 16.6. The van der Waals surface area contributed by atoms with E-state index in [9.17, 15) is 24.3 Å². The fraction of sp³-hybridized carbons (Fsp3) is 0.676. The van der Waals surface area contributed by atoms with Crippen molar-refractivity contribution in [1.82, 2.24) is 15.1 Å². The van der Waals surface area contributed by atoms with Gasteiger partial charge in [-0.05, 0) is 101 Å². The minimum Gasteiger partial charge on any atom is -0.490 e. The normalized spacial score (nSPS) is 16.2. The fourth-order valence-electron chi connectivity index (χ4n) is 4.18. The standard InChI is InChI=1S/C34H54N4O10/c1-31(2,3)45-26(40)25(39)21-44-24-15-13-22(14-16-24)23-19-36-27(38(20-23)30(43)48-34(10,11)12)37(29(42)47-33(7,8)9)18-17-35-28(41)46-32(4,5)6/h13-16,23,25,39H,17-21H2,1-12H3,(H,35,41). The van der Waals surface area contributed by atoms with Crippen LogP contribution in [0.5, 0.6) is 5.75 Å². The summed E-state index contributed by atoms with van der Waals surface area (Å²) in [7, 11) is 0. The largest absolute Gasteiger partial charge is 0.490 e. The SMILES string of the molecule is CC(C)(C)OC(=O)NCCN(C(=O)OC(C)(C)C)C1=NCC(c2ccc(OCC(O)C(=O)OC(C)(C)C)cc2)CN1C(=O)OC(C)(C)C. The van der Waals surface area contributed by atoms with Gasteiger partial charge in [-0.25, -0.2) is 29.0 Å². The highest BCUT2D eigenvalue weighted by Crippen LogP contribution is 2.27. The highest BCUT2D eigenvalue weighted by Gasteiger charge is 2.38. The van der Waals surface area contributed by atoms with Gasteiger partial charge in [-0.3, -0.25) is 4.99 Å². The first kappa shape index (κ1) is 40.1. The lowest BCUT2D eigenvalue weighted by Gasteiger charge is -2.38. The number of nitrogens with zero attached hydrogens (tertiary/aromatic N) is 3. The van der Waals surface area contributed by atoms with Crippen molar-refractivity contribution in [2.24, 2.45) is 4.99 Å². The van der Waals surface area contributed by atoms with Crippen molar-refractivity contribution in [3.8, 4) is 5.75 Å². The second kappa shape index (κ2) is 15.9. The molecule has 1 aromatic carbocycles. The van der Waals surface area contributed by atoms with E-state index >= 15 is 0 Å². The molecule has 0 saturated heterocycles. The van der Waals surface area contributed by atoms with E-state index in [1.807, 2.05) is 0 Å². The quantitative estimate of drug-likeness (QED) is 0.275. The van der Waals surface area contributed by atoms with Gasteiger partial charge in [0.25, 0.3) is 0 Å². The van der Waals surface area contributed by atoms with Crippen LogP contribution < -0.4 is 10.1 Å². The van der Waals surface area contributed by atoms with Gasteiger partial charge < -0.3 is 34.1 Å². The van der Waals surface area contributed by atoms with E-state index in [1.54, 1.807) is 107 Å². The zero-order valence-corrected chi connectivity index (χ0v) is 30.5. The molecule has 1 heterocycles. The molecule has 2 N–H and O–H groups in total. The number of guanidine groups is 1. The minimum absolute atomic E-state index is 0.0111. The van der Waals surface area contributed by atoms with Crippen LogP contribution in [-0.4, -0.2) is 106 Å². The van der Waals surface area contributed by atoms with Crippen molar-refractivity contribution >= 4 is 30.2 Å². The number of aliphatic hydroxyl groups excluding tert-OH is 1. The maximum absolute atomic E-state index is 13.6. The molecule has 2 rings (SSSR count). The summed E-state index contributed by atoms with van der Waals surface area (Å²) < 4.78 is 27.4. The van der Waals surface area contributed by atoms with E-state index in [2.05, 4.69) is 10.3 Å². The first-order chi connectivity index (χ1) is 21.8. The van der Waals surface area contributed by atoms with E-state index in [1.165, 1.54) is 9.80 Å². The maximum Gasteiger partial charge on any atom is 0.417 e. The Kier molecular flexibility index (Phi) is 13.3. The van der Waals surface area contributed by atoms with Crippen LogP contribution in [-0.2, 0) is 23.7 Å². The van der Waals surface area contributed by atoms with E-state index in [4.69, 9.17) is 23.7 Å². The summed E-state index contributed by atoms with van der Waals surface area (Å²) in [4.78, 5) is 58.6. The molecule has 14 nitrogen and oxygen atoms in total. The number of amides is 3. The Morgan fingerprint density at radius 1 is 0.854 bits per heavy atom. The predicted molar refractivity (Wildman–Crippen MR) is 179 cm³/mol. The van der Waals surface area contributed by atoms with Gasteiger partial charge in [0.1, 0.15) is 34.8 Å². The third kappa shape index (κ3) is 14.4. The van der Waals surface area contributed by atoms with Crippen molar-refractivity contribution in [1.29, 1.82) is 0 Å². The Bertz CT molecular complexity index is 1300. The number of alkyl carbamates (subject to hydrolysis) is 1. The van der Waals surface area contributed by atoms with Gasteiger partial charge in [-0.2, -0.15) is 0 Å². The molecule has 0 aliphatic carbocycles. The molecule has 0 fully saturated rings. The molecule has 0 aromatic heterocycles. The topological polar surface area (TPSA) is 166 Å². The van der Waals surface area contributed by atoms with Gasteiger partial charge >= 0.3 is 24.2 Å². The van der Waals surface area contributed by atoms with E-state index in [0.29, 0.717) is 5.75 Å². The number of carbonyl (C=O) groups is 4. The molecule has 2 atom stereocenters. The van der Waals surface area contributed by atoms with Crippen LogP contribution in [0, 0.1) is 0 Å². The summed E-state index contributed by atoms with van der Waals surface area (Å²) in [6.07, 6.45) is -3.58. The van der Waals surface area contributed by atoms with Crippen molar-refractivity contribution in [2.45, 2.75) is 118 Å². The Labute approximate surface area is 284 Å². The second-order valence-corrected chi connectivity index (χ2v) is 15.4. The number of aliphatic hydroxyl groups is 1. The average Bonchev–Trinajstić information content (AvgIpc) is 2.90. The summed E-state index contributed by atoms with van der Waals surface area (Å²) in [6, 6.07) is 6.96. The third-order valence-electron chi connectivity index (χ3n) is 6.01. The van der Waals surface area contributed by atoms with Crippen LogP contribution in [0.25, 0.3) is 0 Å². The van der Waals surface area contributed by atoms with Crippen LogP contribution >= 0.6 is 0 Å². The monoisotopic (exact) mass is 678 g/mol. The van der Waals surface area contributed by atoms with Gasteiger partial charge in [0.05, 0.1) is 6.54 Å². The summed E-state index contributed by atoms with van der Waals surface area (Å²) in [5.41, 5.74) is -2.32. The van der Waals surface area contributed by atoms with Crippen LogP contribution in [0.2, 0.25) is 0 Å². The Hall–Kier alpha value is -4.07. The number of aliphatic imine (C=N–C) groups is 1. The zero-order valence-electron chi connectivity index (χ0n) is 30.5. The number of nitrogens with one attached hydrogen (secondary N) is 1. The molecular weight excluding hydrogens is 624 g/mol. The van der Waals surface area contributed by atoms with Gasteiger partial charge in [-0.15, -0.1) is 0 Å². The van der Waals surface area contributed by atoms with Crippen LogP contribution in [0.4, 0.5) is 14.4 Å². The number of rotatable bonds is 8. The molecule has 270 valence electrons.